The number of fused-ring (bicyclic) bond motifs is 1. The van der Waals surface area contributed by atoms with Gasteiger partial charge < -0.3 is 26.0 Å². The second-order valence-electron chi connectivity index (χ2n) is 11.0. The topological polar surface area (TPSA) is 136 Å². The Hall–Kier alpha value is -2.40. The summed E-state index contributed by atoms with van der Waals surface area (Å²) in [6, 6.07) is 1.45. The van der Waals surface area contributed by atoms with Gasteiger partial charge in [0.15, 0.2) is 0 Å². The van der Waals surface area contributed by atoms with E-state index in [0.29, 0.717) is 24.1 Å². The fourth-order valence-corrected chi connectivity index (χ4v) is 7.28. The summed E-state index contributed by atoms with van der Waals surface area (Å²) in [6.45, 7) is 3.39. The van der Waals surface area contributed by atoms with Crippen LogP contribution >= 0.6 is 11.3 Å². The quantitative estimate of drug-likeness (QED) is 0.323. The molecular formula is C26H34N6O3S. The third-order valence-electron chi connectivity index (χ3n) is 8.61. The summed E-state index contributed by atoms with van der Waals surface area (Å²) >= 11 is 1.55. The summed E-state index contributed by atoms with van der Waals surface area (Å²) in [5.74, 6) is 1.41. The Morgan fingerprint density at radius 3 is 2.61 bits per heavy atom. The number of nitrogens with zero attached hydrogens (tertiary/aromatic N) is 4. The van der Waals surface area contributed by atoms with Crippen LogP contribution in [0.2, 0.25) is 0 Å². The van der Waals surface area contributed by atoms with Gasteiger partial charge in [0.2, 0.25) is 5.95 Å². The third-order valence-corrected chi connectivity index (χ3v) is 9.67. The Balaban J connectivity index is 1.40. The average Bonchev–Trinajstić information content (AvgIpc) is 3.20. The highest BCUT2D eigenvalue weighted by Gasteiger charge is 2.52. The molecule has 3 aliphatic carbocycles. The summed E-state index contributed by atoms with van der Waals surface area (Å²) in [4.78, 5) is 18.8. The second kappa shape index (κ2) is 8.86. The van der Waals surface area contributed by atoms with E-state index in [9.17, 15) is 15.3 Å². The van der Waals surface area contributed by atoms with Gasteiger partial charge in [0.25, 0.3) is 0 Å². The normalized spacial score (nSPS) is 29.6. The molecule has 3 aromatic rings. The summed E-state index contributed by atoms with van der Waals surface area (Å²) in [5.41, 5.74) is 1.05. The predicted molar refractivity (Wildman–Crippen MR) is 140 cm³/mol. The summed E-state index contributed by atoms with van der Waals surface area (Å²) in [6.07, 6.45) is 10.2. The Morgan fingerprint density at radius 1 is 1.17 bits per heavy atom. The van der Waals surface area contributed by atoms with Crippen molar-refractivity contribution in [2.24, 2.45) is 11.8 Å². The molecule has 5 N–H and O–H groups in total. The Kier molecular flexibility index (Phi) is 5.90. The van der Waals surface area contributed by atoms with Gasteiger partial charge in [-0.1, -0.05) is 12.8 Å². The molecule has 3 aromatic heterocycles. The van der Waals surface area contributed by atoms with Crippen molar-refractivity contribution in [1.29, 1.82) is 0 Å². The molecule has 4 atom stereocenters. The molecule has 3 fully saturated rings. The van der Waals surface area contributed by atoms with Crippen LogP contribution in [0.3, 0.4) is 0 Å². The predicted octanol–water partition coefficient (Wildman–Crippen LogP) is 3.50. The first-order valence-corrected chi connectivity index (χ1v) is 13.8. The lowest BCUT2D eigenvalue weighted by atomic mass is 9.96. The Morgan fingerprint density at radius 2 is 1.94 bits per heavy atom. The van der Waals surface area contributed by atoms with Crippen molar-refractivity contribution in [3.8, 4) is 10.6 Å². The van der Waals surface area contributed by atoms with Gasteiger partial charge in [-0.25, -0.2) is 9.97 Å². The number of nitrogens with one attached hydrogen (secondary N) is 2. The minimum atomic E-state index is -1.42. The molecule has 3 aliphatic rings. The van der Waals surface area contributed by atoms with Gasteiger partial charge in [0.05, 0.1) is 34.3 Å². The van der Waals surface area contributed by atoms with E-state index in [0.717, 1.165) is 39.3 Å². The van der Waals surface area contributed by atoms with Gasteiger partial charge in [-0.05, 0) is 57.9 Å². The zero-order valence-corrected chi connectivity index (χ0v) is 21.6. The number of rotatable bonds is 7. The minimum absolute atomic E-state index is 0.0836. The molecule has 192 valence electrons. The molecular weight excluding hydrogens is 476 g/mol. The first-order chi connectivity index (χ1) is 17.3. The van der Waals surface area contributed by atoms with E-state index in [1.807, 2.05) is 13.0 Å². The van der Waals surface area contributed by atoms with E-state index in [1.54, 1.807) is 30.7 Å². The largest absolute Gasteiger partial charge is 0.396 e. The molecule has 9 nitrogen and oxygen atoms in total. The van der Waals surface area contributed by atoms with E-state index >= 15 is 0 Å². The minimum Gasteiger partial charge on any atom is -0.396 e. The number of pyridine rings is 1. The first-order valence-electron chi connectivity index (χ1n) is 13.0. The standard InChI is InChI=1S/C26H34N6O3S/c1-14-20(23-29-17-12-27-10-7-18(17)36-23)22(30-19-11-15(13-33)21(34)25(19,2)35)31-24(28-14)32-26(8-9-26)16-5-3-4-6-16/h7,10,12,15-16,19,21,33-35H,3-6,8-9,11,13H2,1-2H3,(H2,28,30,31,32)/t15-,19?,21-,25+/m1/s1. The highest BCUT2D eigenvalue weighted by molar-refractivity contribution is 7.21. The average molecular weight is 511 g/mol. The van der Waals surface area contributed by atoms with Crippen molar-refractivity contribution >= 4 is 33.3 Å². The van der Waals surface area contributed by atoms with Gasteiger partial charge >= 0.3 is 0 Å². The molecule has 36 heavy (non-hydrogen) atoms. The van der Waals surface area contributed by atoms with Crippen molar-refractivity contribution in [3.05, 3.63) is 24.2 Å². The highest BCUT2D eigenvalue weighted by Crippen LogP contribution is 2.51. The number of anilines is 2. The molecule has 0 aliphatic heterocycles. The molecule has 3 saturated carbocycles. The van der Waals surface area contributed by atoms with Crippen molar-refractivity contribution in [2.75, 3.05) is 17.2 Å². The van der Waals surface area contributed by atoms with E-state index in [2.05, 4.69) is 15.6 Å². The lowest BCUT2D eigenvalue weighted by molar-refractivity contribution is -0.0647. The van der Waals surface area contributed by atoms with Crippen molar-refractivity contribution in [3.63, 3.8) is 0 Å². The third kappa shape index (κ3) is 4.04. The number of aromatic nitrogens is 4. The van der Waals surface area contributed by atoms with Crippen LogP contribution in [0.4, 0.5) is 11.8 Å². The molecule has 10 heteroatoms. The molecule has 0 aromatic carbocycles. The maximum absolute atomic E-state index is 11.1. The summed E-state index contributed by atoms with van der Waals surface area (Å²) in [5, 5.41) is 39.4. The van der Waals surface area contributed by atoms with Crippen LogP contribution in [0.25, 0.3) is 20.8 Å². The Bertz CT molecular complexity index is 1240. The first kappa shape index (κ1) is 24.0. The van der Waals surface area contributed by atoms with Crippen LogP contribution in [0, 0.1) is 18.8 Å². The SMILES string of the molecule is Cc1nc(NC2(C3CCCC3)CC2)nc(NC2C[C@H](CO)[C@@H](O)[C@@]2(C)O)c1-c1nc2cnccc2s1. The van der Waals surface area contributed by atoms with Crippen molar-refractivity contribution < 1.29 is 15.3 Å². The van der Waals surface area contributed by atoms with Crippen LogP contribution in [-0.4, -0.2) is 65.1 Å². The maximum atomic E-state index is 11.1. The molecule has 0 radical (unpaired) electrons. The number of hydrogen-bond donors (Lipinski definition) is 5. The fraction of sp³-hybridized carbons (Fsp3) is 0.615. The van der Waals surface area contributed by atoms with Crippen LogP contribution < -0.4 is 10.6 Å². The number of aliphatic hydroxyl groups excluding tert-OH is 2. The van der Waals surface area contributed by atoms with Crippen molar-refractivity contribution in [1.82, 2.24) is 19.9 Å². The van der Waals surface area contributed by atoms with Gasteiger partial charge in [0, 0.05) is 24.3 Å². The van der Waals surface area contributed by atoms with E-state index in [1.165, 1.54) is 25.7 Å². The summed E-state index contributed by atoms with van der Waals surface area (Å²) in [7, 11) is 0. The molecule has 0 spiro atoms. The summed E-state index contributed by atoms with van der Waals surface area (Å²) < 4.78 is 1.02. The number of hydrogen-bond acceptors (Lipinski definition) is 10. The molecule has 3 heterocycles. The highest BCUT2D eigenvalue weighted by atomic mass is 32.1. The zero-order valence-electron chi connectivity index (χ0n) is 20.7. The second-order valence-corrected chi connectivity index (χ2v) is 12.1. The van der Waals surface area contributed by atoms with Crippen molar-refractivity contribution in [2.45, 2.75) is 82.1 Å². The molecule has 6 rings (SSSR count). The lowest BCUT2D eigenvalue weighted by Crippen LogP contribution is -2.48. The maximum Gasteiger partial charge on any atom is 0.225 e. The number of aryl methyl sites for hydroxylation is 1. The van der Waals surface area contributed by atoms with Crippen LogP contribution in [0.5, 0.6) is 0 Å². The monoisotopic (exact) mass is 510 g/mol. The molecule has 0 saturated heterocycles. The van der Waals surface area contributed by atoms with E-state index in [4.69, 9.17) is 15.0 Å². The van der Waals surface area contributed by atoms with Gasteiger partial charge in [-0.2, -0.15) is 4.98 Å². The number of thiazole rings is 1. The van der Waals surface area contributed by atoms with Gasteiger partial charge in [-0.15, -0.1) is 11.3 Å². The Labute approximate surface area is 214 Å². The van der Waals surface area contributed by atoms with Crippen LogP contribution in [-0.2, 0) is 0 Å². The molecule has 1 unspecified atom stereocenters. The smallest absolute Gasteiger partial charge is 0.225 e. The van der Waals surface area contributed by atoms with E-state index < -0.39 is 23.7 Å². The fourth-order valence-electron chi connectivity index (χ4n) is 6.25. The van der Waals surface area contributed by atoms with Gasteiger partial charge in [0.1, 0.15) is 21.9 Å². The lowest BCUT2D eigenvalue weighted by Gasteiger charge is -2.31. The molecule has 0 bridgehead atoms. The van der Waals surface area contributed by atoms with Crippen LogP contribution in [0.1, 0.15) is 57.6 Å². The number of aliphatic hydroxyl groups is 3. The van der Waals surface area contributed by atoms with Gasteiger partial charge in [-0.3, -0.25) is 4.98 Å². The van der Waals surface area contributed by atoms with E-state index in [-0.39, 0.29) is 12.1 Å². The zero-order chi connectivity index (χ0) is 25.1. The van der Waals surface area contributed by atoms with Crippen LogP contribution in [0.15, 0.2) is 18.5 Å². The molecule has 0 amide bonds.